The molecule has 0 saturated carbocycles. The van der Waals surface area contributed by atoms with E-state index in [0.717, 1.165) is 6.08 Å². The van der Waals surface area contributed by atoms with Crippen LogP contribution in [0.15, 0.2) is 12.3 Å². The topological polar surface area (TPSA) is 43.1 Å². The largest absolute Gasteiger partial charge is 0.259 e. The molecule has 0 N–H and O–H groups in total. The van der Waals surface area contributed by atoms with Crippen molar-refractivity contribution in [3.8, 4) is 0 Å². The lowest BCUT2D eigenvalue weighted by molar-refractivity contribution is -0.402. The number of allylic oxidation sites excluding steroid dienone is 1. The normalized spacial score (nSPS) is 12.3. The van der Waals surface area contributed by atoms with E-state index in [1.807, 2.05) is 0 Å². The van der Waals surface area contributed by atoms with Gasteiger partial charge in [-0.1, -0.05) is 34.8 Å². The van der Waals surface area contributed by atoms with Crippen molar-refractivity contribution in [1.29, 1.82) is 0 Å². The van der Waals surface area contributed by atoms with Crippen LogP contribution in [0, 0.1) is 10.1 Å². The number of hydrogen-bond donors (Lipinski definition) is 0. The molecule has 9 heavy (non-hydrogen) atoms. The second-order valence-electron chi connectivity index (χ2n) is 1.14. The summed E-state index contributed by atoms with van der Waals surface area (Å²) in [5, 5.41) is 9.59. The Kier molecular flexibility index (Phi) is 3.25. The van der Waals surface area contributed by atoms with Crippen molar-refractivity contribution in [1.82, 2.24) is 0 Å². The Bertz CT molecular complexity index is 138. The maximum absolute atomic E-state index is 9.59. The molecule has 3 nitrogen and oxygen atoms in total. The second kappa shape index (κ2) is 3.25. The molecular weight excluding hydrogens is 188 g/mol. The molecule has 0 fully saturated rings. The van der Waals surface area contributed by atoms with Crippen LogP contribution in [0.4, 0.5) is 0 Å². The van der Waals surface area contributed by atoms with Crippen LogP contribution < -0.4 is 0 Å². The van der Waals surface area contributed by atoms with Crippen molar-refractivity contribution in [2.24, 2.45) is 0 Å². The molecule has 0 bridgehead atoms. The molecule has 0 aliphatic carbocycles. The van der Waals surface area contributed by atoms with E-state index in [1.165, 1.54) is 0 Å². The van der Waals surface area contributed by atoms with E-state index in [-0.39, 0.29) is 0 Å². The minimum Gasteiger partial charge on any atom is -0.259 e. The van der Waals surface area contributed by atoms with Crippen LogP contribution in [-0.2, 0) is 0 Å². The highest BCUT2D eigenvalue weighted by atomic mass is 35.6. The number of alkyl halides is 3. The Morgan fingerprint density at radius 1 is 1.44 bits per heavy atom. The molecule has 0 amide bonds. The minimum absolute atomic E-state index is 0.576. The van der Waals surface area contributed by atoms with E-state index in [0.29, 0.717) is 6.20 Å². The number of nitro groups is 1. The highest BCUT2D eigenvalue weighted by Gasteiger charge is 2.15. The van der Waals surface area contributed by atoms with Crippen molar-refractivity contribution < 1.29 is 4.92 Å². The zero-order valence-electron chi connectivity index (χ0n) is 4.05. The summed E-state index contributed by atoms with van der Waals surface area (Å²) in [5.41, 5.74) is 0. The fourth-order valence-corrected chi connectivity index (χ4v) is 0.314. The molecule has 0 spiro atoms. The minimum atomic E-state index is -1.67. The average Bonchev–Trinajstić information content (AvgIpc) is 1.59. The van der Waals surface area contributed by atoms with Gasteiger partial charge in [0.15, 0.2) is 0 Å². The van der Waals surface area contributed by atoms with E-state index in [2.05, 4.69) is 0 Å². The van der Waals surface area contributed by atoms with Gasteiger partial charge in [0, 0.05) is 6.08 Å². The van der Waals surface area contributed by atoms with Crippen LogP contribution >= 0.6 is 34.8 Å². The zero-order valence-corrected chi connectivity index (χ0v) is 6.32. The third kappa shape index (κ3) is 8.01. The molecule has 0 aromatic heterocycles. The first kappa shape index (κ1) is 9.01. The van der Waals surface area contributed by atoms with E-state index >= 15 is 0 Å². The Balaban J connectivity index is 3.86. The Morgan fingerprint density at radius 2 is 1.89 bits per heavy atom. The van der Waals surface area contributed by atoms with Gasteiger partial charge in [-0.15, -0.1) is 0 Å². The first-order chi connectivity index (χ1) is 3.92. The number of nitrogens with zero attached hydrogens (tertiary/aromatic N) is 1. The summed E-state index contributed by atoms with van der Waals surface area (Å²) in [6.45, 7) is 0. The molecular formula is C3H2Cl3NO2. The zero-order chi connectivity index (χ0) is 7.49. The summed E-state index contributed by atoms with van der Waals surface area (Å²) in [6, 6.07) is 0. The summed E-state index contributed by atoms with van der Waals surface area (Å²) in [4.78, 5) is 8.88. The van der Waals surface area contributed by atoms with Crippen LogP contribution in [-0.4, -0.2) is 8.72 Å². The predicted molar refractivity (Wildman–Crippen MR) is 36.4 cm³/mol. The smallest absolute Gasteiger partial charge is 0.234 e. The summed E-state index contributed by atoms with van der Waals surface area (Å²) in [6.07, 6.45) is 1.44. The molecule has 0 aliphatic heterocycles. The third-order valence-electron chi connectivity index (χ3n) is 0.385. The van der Waals surface area contributed by atoms with Gasteiger partial charge in [0.25, 0.3) is 0 Å². The van der Waals surface area contributed by atoms with Gasteiger partial charge >= 0.3 is 0 Å². The molecule has 52 valence electrons. The first-order valence-electron chi connectivity index (χ1n) is 1.81. The van der Waals surface area contributed by atoms with Crippen LogP contribution in [0.3, 0.4) is 0 Å². The van der Waals surface area contributed by atoms with Crippen molar-refractivity contribution in [2.75, 3.05) is 0 Å². The first-order valence-corrected chi connectivity index (χ1v) is 2.95. The molecule has 0 radical (unpaired) electrons. The molecule has 0 aromatic carbocycles. The molecule has 0 aromatic rings. The van der Waals surface area contributed by atoms with Gasteiger partial charge in [0.1, 0.15) is 0 Å². The lowest BCUT2D eigenvalue weighted by atomic mass is 10.7. The Labute approximate surface area is 66.3 Å². The summed E-state index contributed by atoms with van der Waals surface area (Å²) in [7, 11) is 0. The van der Waals surface area contributed by atoms with E-state index in [1.54, 1.807) is 0 Å². The highest BCUT2D eigenvalue weighted by Crippen LogP contribution is 2.26. The quantitative estimate of drug-likeness (QED) is 0.361. The van der Waals surface area contributed by atoms with Gasteiger partial charge in [0.05, 0.1) is 4.92 Å². The molecule has 0 saturated heterocycles. The third-order valence-corrected chi connectivity index (χ3v) is 0.763. The van der Waals surface area contributed by atoms with Gasteiger partial charge in [-0.3, -0.25) is 10.1 Å². The van der Waals surface area contributed by atoms with Crippen LogP contribution in [0.2, 0.25) is 0 Å². The van der Waals surface area contributed by atoms with Crippen LogP contribution in [0.25, 0.3) is 0 Å². The van der Waals surface area contributed by atoms with Crippen molar-refractivity contribution >= 4 is 34.8 Å². The molecule has 0 unspecified atom stereocenters. The van der Waals surface area contributed by atoms with Gasteiger partial charge < -0.3 is 0 Å². The summed E-state index contributed by atoms with van der Waals surface area (Å²) in [5.74, 6) is 0. The van der Waals surface area contributed by atoms with Crippen LogP contribution in [0.1, 0.15) is 0 Å². The van der Waals surface area contributed by atoms with Crippen molar-refractivity contribution in [2.45, 2.75) is 3.79 Å². The van der Waals surface area contributed by atoms with E-state index < -0.39 is 8.72 Å². The monoisotopic (exact) mass is 189 g/mol. The van der Waals surface area contributed by atoms with Gasteiger partial charge in [-0.2, -0.15) is 0 Å². The number of rotatable bonds is 1. The Hall–Kier alpha value is 0.01000. The predicted octanol–water partition coefficient (Wildman–Crippen LogP) is 2.15. The van der Waals surface area contributed by atoms with E-state index in [4.69, 9.17) is 34.8 Å². The maximum Gasteiger partial charge on any atom is 0.234 e. The van der Waals surface area contributed by atoms with Crippen molar-refractivity contribution in [3.63, 3.8) is 0 Å². The molecule has 0 heterocycles. The van der Waals surface area contributed by atoms with E-state index in [9.17, 15) is 10.1 Å². The molecule has 6 heteroatoms. The second-order valence-corrected chi connectivity index (χ2v) is 3.51. The van der Waals surface area contributed by atoms with Gasteiger partial charge in [-0.05, 0) is 0 Å². The molecule has 0 atom stereocenters. The molecule has 0 aliphatic rings. The summed E-state index contributed by atoms with van der Waals surface area (Å²) >= 11 is 15.4. The SMILES string of the molecule is O=[N+]([O-])/C=C/C(Cl)(Cl)Cl. The van der Waals surface area contributed by atoms with Crippen LogP contribution in [0.5, 0.6) is 0 Å². The Morgan fingerprint density at radius 3 is 2.00 bits per heavy atom. The van der Waals surface area contributed by atoms with Gasteiger partial charge in [-0.25, -0.2) is 0 Å². The fraction of sp³-hybridized carbons (Fsp3) is 0.333. The maximum atomic E-state index is 9.59. The standard InChI is InChI=1S/C3H2Cl3NO2/c4-3(5,6)1-2-7(8)9/h1-2H/b2-1+. The van der Waals surface area contributed by atoms with Crippen molar-refractivity contribution in [3.05, 3.63) is 22.4 Å². The lowest BCUT2D eigenvalue weighted by Crippen LogP contribution is -1.96. The average molecular weight is 190 g/mol. The fourth-order valence-electron chi connectivity index (χ4n) is 0.145. The number of hydrogen-bond acceptors (Lipinski definition) is 2. The highest BCUT2D eigenvalue weighted by molar-refractivity contribution is 6.68. The number of halogens is 3. The molecule has 0 rings (SSSR count). The lowest BCUT2D eigenvalue weighted by Gasteiger charge is -1.97. The van der Waals surface area contributed by atoms with Gasteiger partial charge in [0.2, 0.25) is 9.99 Å². The summed E-state index contributed by atoms with van der Waals surface area (Å²) < 4.78 is -1.67.